The molecule has 0 aliphatic rings. The van der Waals surface area contributed by atoms with Crippen LogP contribution in [-0.2, 0) is 9.57 Å². The maximum absolute atomic E-state index is 6.18. The van der Waals surface area contributed by atoms with E-state index in [4.69, 9.17) is 88.7 Å². The highest BCUT2D eigenvalue weighted by Gasteiger charge is 2.10. The summed E-state index contributed by atoms with van der Waals surface area (Å²) >= 11 is 34.3. The Hall–Kier alpha value is -0.530. The minimum Gasteiger partial charge on any atom is -0.489 e. The Balaban J connectivity index is 2.37. The molecule has 0 unspecified atom stereocenters. The van der Waals surface area contributed by atoms with Crippen LogP contribution in [0.1, 0.15) is 6.92 Å². The van der Waals surface area contributed by atoms with Crippen molar-refractivity contribution in [3.8, 4) is 11.5 Å². The van der Waals surface area contributed by atoms with E-state index in [0.717, 1.165) is 0 Å². The van der Waals surface area contributed by atoms with Gasteiger partial charge in [0.25, 0.3) is 0 Å². The van der Waals surface area contributed by atoms with Crippen molar-refractivity contribution in [2.45, 2.75) is 6.92 Å². The second kappa shape index (κ2) is 14.5. The molecular weight excluding hydrogens is 495 g/mol. The highest BCUT2D eigenvalue weighted by atomic mass is 35.5. The maximum Gasteiger partial charge on any atom is 0.156 e. The molecule has 0 spiro atoms. The summed E-state index contributed by atoms with van der Waals surface area (Å²) in [4.78, 5) is 4.98. The van der Waals surface area contributed by atoms with Crippen LogP contribution in [0.4, 0.5) is 0 Å². The van der Waals surface area contributed by atoms with E-state index in [0.29, 0.717) is 33.9 Å². The maximum atomic E-state index is 6.18. The second-order valence-corrected chi connectivity index (χ2v) is 7.87. The van der Waals surface area contributed by atoms with Crippen molar-refractivity contribution in [3.05, 3.63) is 43.3 Å². The lowest BCUT2D eigenvalue weighted by molar-refractivity contribution is 0.122. The van der Waals surface area contributed by atoms with Gasteiger partial charge in [0.05, 0.1) is 29.0 Å². The van der Waals surface area contributed by atoms with Crippen molar-refractivity contribution in [1.29, 1.82) is 0 Å². The molecule has 1 rings (SSSR count). The highest BCUT2D eigenvalue weighted by molar-refractivity contribution is 6.56. The Labute approximate surface area is 193 Å². The molecule has 0 aliphatic carbocycles. The molecule has 0 saturated heterocycles. The summed E-state index contributed by atoms with van der Waals surface area (Å²) in [6.07, 6.45) is 2.97. The van der Waals surface area contributed by atoms with Crippen LogP contribution in [0.25, 0.3) is 0 Å². The first-order valence-electron chi connectivity index (χ1n) is 7.79. The quantitative estimate of drug-likeness (QED) is 0.176. The fourth-order valence-electron chi connectivity index (χ4n) is 1.66. The first-order chi connectivity index (χ1) is 13.3. The summed E-state index contributed by atoms with van der Waals surface area (Å²) < 4.78 is 16.6. The molecule has 11 heteroatoms. The van der Waals surface area contributed by atoms with E-state index in [1.807, 2.05) is 0 Å². The molecule has 156 valence electrons. The molecule has 0 N–H and O–H groups in total. The van der Waals surface area contributed by atoms with E-state index in [2.05, 4.69) is 5.16 Å². The largest absolute Gasteiger partial charge is 0.489 e. The topological polar surface area (TPSA) is 49.3 Å². The number of halogens is 6. The monoisotopic (exact) mass is 509 g/mol. The van der Waals surface area contributed by atoms with Crippen LogP contribution in [0.3, 0.4) is 0 Å². The van der Waals surface area contributed by atoms with Gasteiger partial charge in [-0.15, -0.1) is 0 Å². The minimum atomic E-state index is 0.112. The fourth-order valence-corrected chi connectivity index (χ4v) is 2.48. The lowest BCUT2D eigenvalue weighted by atomic mass is 10.3. The van der Waals surface area contributed by atoms with Crippen LogP contribution in [0, 0.1) is 0 Å². The Morgan fingerprint density at radius 1 is 0.929 bits per heavy atom. The molecule has 0 radical (unpaired) electrons. The SMILES string of the molecule is CC(COCCOc1c(Cl)cc(OCC=C(Cl)Cl)cc1Cl)=NOCC=C(Cl)Cl. The number of benzene rings is 1. The number of nitrogens with zero attached hydrogens (tertiary/aromatic N) is 1. The zero-order chi connectivity index (χ0) is 20.9. The smallest absolute Gasteiger partial charge is 0.156 e. The van der Waals surface area contributed by atoms with Crippen molar-refractivity contribution in [3.63, 3.8) is 0 Å². The third-order valence-electron chi connectivity index (χ3n) is 2.78. The molecule has 0 aromatic heterocycles. The summed E-state index contributed by atoms with van der Waals surface area (Å²) in [5.41, 5.74) is 0.641. The molecule has 28 heavy (non-hydrogen) atoms. The molecular formula is C17H17Cl6NO4. The van der Waals surface area contributed by atoms with E-state index >= 15 is 0 Å². The summed E-state index contributed by atoms with van der Waals surface area (Å²) in [6, 6.07) is 3.16. The van der Waals surface area contributed by atoms with Gasteiger partial charge < -0.3 is 19.0 Å². The van der Waals surface area contributed by atoms with Crippen molar-refractivity contribution < 1.29 is 19.0 Å². The third-order valence-corrected chi connectivity index (χ3v) is 3.96. The van der Waals surface area contributed by atoms with Crippen molar-refractivity contribution in [2.24, 2.45) is 5.16 Å². The molecule has 0 fully saturated rings. The van der Waals surface area contributed by atoms with E-state index in [-0.39, 0.29) is 35.4 Å². The predicted octanol–water partition coefficient (Wildman–Crippen LogP) is 6.80. The predicted molar refractivity (Wildman–Crippen MR) is 117 cm³/mol. The van der Waals surface area contributed by atoms with E-state index in [1.165, 1.54) is 12.2 Å². The van der Waals surface area contributed by atoms with Gasteiger partial charge in [0.2, 0.25) is 0 Å². The molecule has 5 nitrogen and oxygen atoms in total. The third kappa shape index (κ3) is 11.5. The number of oxime groups is 1. The lowest BCUT2D eigenvalue weighted by Gasteiger charge is -2.12. The van der Waals surface area contributed by atoms with Gasteiger partial charge in [-0.2, -0.15) is 0 Å². The zero-order valence-corrected chi connectivity index (χ0v) is 19.2. The summed E-state index contributed by atoms with van der Waals surface area (Å²) in [6.45, 7) is 2.92. The molecule has 0 aliphatic heterocycles. The van der Waals surface area contributed by atoms with E-state index in [1.54, 1.807) is 19.1 Å². The van der Waals surface area contributed by atoms with Gasteiger partial charge in [-0.25, -0.2) is 0 Å². The van der Waals surface area contributed by atoms with E-state index in [9.17, 15) is 0 Å². The van der Waals surface area contributed by atoms with Crippen LogP contribution in [-0.4, -0.2) is 38.7 Å². The fraction of sp³-hybridized carbons (Fsp3) is 0.353. The average Bonchev–Trinajstić information content (AvgIpc) is 2.60. The number of hydrogen-bond acceptors (Lipinski definition) is 5. The molecule has 1 aromatic rings. The minimum absolute atomic E-state index is 0.112. The molecule has 0 atom stereocenters. The average molecular weight is 512 g/mol. The first-order valence-corrected chi connectivity index (χ1v) is 10.1. The lowest BCUT2D eigenvalue weighted by Crippen LogP contribution is -2.12. The molecule has 0 saturated carbocycles. The summed E-state index contributed by atoms with van der Waals surface area (Å²) in [5, 5.41) is 4.45. The van der Waals surface area contributed by atoms with Gasteiger partial charge in [-0.05, 0) is 19.1 Å². The normalized spacial score (nSPS) is 11.0. The van der Waals surface area contributed by atoms with Crippen molar-refractivity contribution in [2.75, 3.05) is 33.0 Å². The summed E-state index contributed by atoms with van der Waals surface area (Å²) in [5.74, 6) is 0.797. The number of rotatable bonds is 12. The van der Waals surface area contributed by atoms with Gasteiger partial charge in [-0.1, -0.05) is 74.8 Å². The van der Waals surface area contributed by atoms with Gasteiger partial charge in [0, 0.05) is 12.1 Å². The summed E-state index contributed by atoms with van der Waals surface area (Å²) in [7, 11) is 0. The van der Waals surface area contributed by atoms with E-state index < -0.39 is 0 Å². The molecule has 0 heterocycles. The first kappa shape index (κ1) is 25.5. The Kier molecular flexibility index (Phi) is 13.2. The standard InChI is InChI=1S/C17H17Cl6NO4/c1-11(24-28-5-3-16(22)23)10-25-6-7-27-17-13(18)8-12(9-14(17)19)26-4-2-15(20)21/h2-3,8-9H,4-7,10H2,1H3. The molecule has 0 bridgehead atoms. The number of hydrogen-bond donors (Lipinski definition) is 0. The van der Waals surface area contributed by atoms with Gasteiger partial charge >= 0.3 is 0 Å². The number of ether oxygens (including phenoxy) is 3. The van der Waals surface area contributed by atoms with Crippen molar-refractivity contribution in [1.82, 2.24) is 0 Å². The molecule has 1 aromatic carbocycles. The van der Waals surface area contributed by atoms with Crippen molar-refractivity contribution >= 4 is 75.3 Å². The zero-order valence-electron chi connectivity index (χ0n) is 14.7. The highest BCUT2D eigenvalue weighted by Crippen LogP contribution is 2.37. The molecule has 0 amide bonds. The van der Waals surface area contributed by atoms with Crippen LogP contribution in [0.2, 0.25) is 10.0 Å². The van der Waals surface area contributed by atoms with Crippen LogP contribution in [0.15, 0.2) is 38.4 Å². The van der Waals surface area contributed by atoms with Crippen LogP contribution in [0.5, 0.6) is 11.5 Å². The van der Waals surface area contributed by atoms with Gasteiger partial charge in [0.15, 0.2) is 5.75 Å². The Morgan fingerprint density at radius 3 is 2.14 bits per heavy atom. The second-order valence-electron chi connectivity index (χ2n) is 5.04. The van der Waals surface area contributed by atoms with Crippen LogP contribution >= 0.6 is 69.6 Å². The van der Waals surface area contributed by atoms with Crippen LogP contribution < -0.4 is 9.47 Å². The Morgan fingerprint density at radius 2 is 1.54 bits per heavy atom. The van der Waals surface area contributed by atoms with Gasteiger partial charge in [0.1, 0.15) is 34.6 Å². The van der Waals surface area contributed by atoms with Gasteiger partial charge in [-0.3, -0.25) is 0 Å². The Bertz CT molecular complexity index is 693.